The number of carbonyl (C=O) groups excluding carboxylic acids is 2. The van der Waals surface area contributed by atoms with Gasteiger partial charge in [-0.05, 0) is 46.8 Å². The molecule has 3 heterocycles. The van der Waals surface area contributed by atoms with Crippen molar-refractivity contribution >= 4 is 17.5 Å². The second-order valence-electron chi connectivity index (χ2n) is 9.05. The molecule has 170 valence electrons. The molecular weight excluding hydrogens is 404 g/mol. The largest absolute Gasteiger partial charge is 0.353 e. The van der Waals surface area contributed by atoms with Crippen molar-refractivity contribution in [1.82, 2.24) is 5.32 Å². The van der Waals surface area contributed by atoms with E-state index < -0.39 is 42.3 Å². The molecular formula is C22H30N2O7. The predicted octanol–water partition coefficient (Wildman–Crippen LogP) is 1.84. The molecule has 0 radical (unpaired) electrons. The summed E-state index contributed by atoms with van der Waals surface area (Å²) in [4.78, 5) is 25.0. The van der Waals surface area contributed by atoms with Gasteiger partial charge in [0.25, 0.3) is 5.91 Å². The summed E-state index contributed by atoms with van der Waals surface area (Å²) < 4.78 is 29.6. The molecule has 1 aromatic carbocycles. The van der Waals surface area contributed by atoms with Crippen LogP contribution in [-0.2, 0) is 33.3 Å². The Kier molecular flexibility index (Phi) is 5.82. The van der Waals surface area contributed by atoms with Gasteiger partial charge in [-0.15, -0.1) is 0 Å². The molecule has 9 nitrogen and oxygen atoms in total. The van der Waals surface area contributed by atoms with E-state index in [0.29, 0.717) is 5.69 Å². The van der Waals surface area contributed by atoms with Crippen molar-refractivity contribution in [2.75, 3.05) is 11.9 Å². The summed E-state index contributed by atoms with van der Waals surface area (Å²) in [7, 11) is 0. The summed E-state index contributed by atoms with van der Waals surface area (Å²) in [6.45, 7) is 9.27. The molecule has 0 aliphatic carbocycles. The fourth-order valence-corrected chi connectivity index (χ4v) is 4.08. The van der Waals surface area contributed by atoms with Crippen LogP contribution in [0.2, 0.25) is 0 Å². The van der Waals surface area contributed by atoms with Crippen LogP contribution in [-0.4, -0.2) is 60.6 Å². The number of amides is 2. The van der Waals surface area contributed by atoms with Crippen molar-refractivity contribution in [2.24, 2.45) is 0 Å². The topological polar surface area (TPSA) is 104 Å². The summed E-state index contributed by atoms with van der Waals surface area (Å²) in [5, 5.41) is 5.57. The smallest absolute Gasteiger partial charge is 0.252 e. The van der Waals surface area contributed by atoms with Crippen molar-refractivity contribution < 1.29 is 33.3 Å². The number of hydrogen-bond donors (Lipinski definition) is 2. The van der Waals surface area contributed by atoms with Gasteiger partial charge in [0.2, 0.25) is 5.91 Å². The lowest BCUT2D eigenvalue weighted by Gasteiger charge is -2.36. The first-order chi connectivity index (χ1) is 14.5. The Labute approximate surface area is 181 Å². The lowest BCUT2D eigenvalue weighted by Crippen LogP contribution is -2.59. The minimum Gasteiger partial charge on any atom is -0.353 e. The van der Waals surface area contributed by atoms with Gasteiger partial charge in [0.15, 0.2) is 24.0 Å². The summed E-state index contributed by atoms with van der Waals surface area (Å²) >= 11 is 0. The van der Waals surface area contributed by atoms with Crippen LogP contribution >= 0.6 is 0 Å². The number of carbonyl (C=O) groups is 2. The van der Waals surface area contributed by atoms with Crippen molar-refractivity contribution in [3.05, 3.63) is 29.8 Å². The van der Waals surface area contributed by atoms with E-state index in [1.54, 1.807) is 27.7 Å². The van der Waals surface area contributed by atoms with Crippen molar-refractivity contribution in [3.63, 3.8) is 0 Å². The third kappa shape index (κ3) is 4.91. The van der Waals surface area contributed by atoms with Gasteiger partial charge >= 0.3 is 0 Å². The van der Waals surface area contributed by atoms with Gasteiger partial charge < -0.3 is 34.3 Å². The van der Waals surface area contributed by atoms with Crippen LogP contribution in [0.3, 0.4) is 0 Å². The van der Waals surface area contributed by atoms with E-state index in [-0.39, 0.29) is 24.8 Å². The molecule has 2 amide bonds. The van der Waals surface area contributed by atoms with Gasteiger partial charge in [-0.1, -0.05) is 17.7 Å². The van der Waals surface area contributed by atoms with Crippen LogP contribution < -0.4 is 10.6 Å². The Morgan fingerprint density at radius 2 is 1.52 bits per heavy atom. The Bertz CT molecular complexity index is 839. The summed E-state index contributed by atoms with van der Waals surface area (Å²) in [5.41, 5.74) is 1.82. The number of aryl methyl sites for hydroxylation is 1. The summed E-state index contributed by atoms with van der Waals surface area (Å²) in [6.07, 6.45) is -3.19. The highest BCUT2D eigenvalue weighted by Crippen LogP contribution is 2.44. The Balaban J connectivity index is 1.34. The normalized spacial score (nSPS) is 32.7. The van der Waals surface area contributed by atoms with Crippen molar-refractivity contribution in [3.8, 4) is 0 Å². The monoisotopic (exact) mass is 434 g/mol. The number of fused-ring (bicyclic) bond motifs is 3. The third-order valence-corrected chi connectivity index (χ3v) is 5.40. The Morgan fingerprint density at radius 1 is 0.903 bits per heavy atom. The Hall–Kier alpha value is -2.04. The molecule has 0 bridgehead atoms. The minimum atomic E-state index is -0.939. The zero-order valence-electron chi connectivity index (χ0n) is 18.5. The molecule has 2 N–H and O–H groups in total. The van der Waals surface area contributed by atoms with Crippen LogP contribution in [0.4, 0.5) is 5.69 Å². The number of anilines is 1. The van der Waals surface area contributed by atoms with Crippen LogP contribution in [0.1, 0.15) is 39.7 Å². The molecule has 1 aromatic rings. The molecule has 3 aliphatic rings. The molecule has 0 unspecified atom stereocenters. The molecule has 0 saturated carbocycles. The van der Waals surface area contributed by atoms with Crippen LogP contribution in [0.25, 0.3) is 0 Å². The van der Waals surface area contributed by atoms with Gasteiger partial charge in [0.1, 0.15) is 18.3 Å². The highest BCUT2D eigenvalue weighted by molar-refractivity contribution is 5.91. The van der Waals surface area contributed by atoms with Crippen LogP contribution in [0.5, 0.6) is 0 Å². The number of rotatable bonds is 5. The fourth-order valence-electron chi connectivity index (χ4n) is 4.08. The molecule has 3 fully saturated rings. The van der Waals surface area contributed by atoms with E-state index in [1.807, 2.05) is 31.2 Å². The average molecular weight is 434 g/mol. The molecule has 0 spiro atoms. The van der Waals surface area contributed by atoms with Gasteiger partial charge in [0.05, 0.1) is 0 Å². The molecule has 31 heavy (non-hydrogen) atoms. The second kappa shape index (κ2) is 8.14. The van der Waals surface area contributed by atoms with E-state index in [4.69, 9.17) is 23.7 Å². The van der Waals surface area contributed by atoms with E-state index in [2.05, 4.69) is 10.6 Å². The number of nitrogens with one attached hydrogen (secondary N) is 2. The maximum atomic E-state index is 12.9. The maximum absolute atomic E-state index is 12.9. The summed E-state index contributed by atoms with van der Waals surface area (Å²) in [5.74, 6) is -2.31. The predicted molar refractivity (Wildman–Crippen MR) is 110 cm³/mol. The van der Waals surface area contributed by atoms with Crippen molar-refractivity contribution in [2.45, 2.75) is 83.3 Å². The van der Waals surface area contributed by atoms with Gasteiger partial charge in [-0.3, -0.25) is 9.59 Å². The lowest BCUT2D eigenvalue weighted by molar-refractivity contribution is -0.231. The molecule has 3 aliphatic heterocycles. The van der Waals surface area contributed by atoms with E-state index in [1.165, 1.54) is 0 Å². The van der Waals surface area contributed by atoms with Gasteiger partial charge in [-0.2, -0.15) is 0 Å². The first-order valence-electron chi connectivity index (χ1n) is 10.5. The number of ether oxygens (including phenoxy) is 5. The Morgan fingerprint density at radius 3 is 2.23 bits per heavy atom. The molecule has 3 saturated heterocycles. The van der Waals surface area contributed by atoms with Gasteiger partial charge in [-0.25, -0.2) is 0 Å². The van der Waals surface area contributed by atoms with Crippen molar-refractivity contribution in [1.29, 1.82) is 0 Å². The van der Waals surface area contributed by atoms with Gasteiger partial charge in [0, 0.05) is 18.7 Å². The highest BCUT2D eigenvalue weighted by atomic mass is 16.9. The second-order valence-corrected chi connectivity index (χ2v) is 9.05. The SMILES string of the molecule is Cc1ccc(NC(=O)CCNC(=O)[C@H]2O[C@H]3OC(C)(C)O[C@@H]3[C@H]3OC(C)(C)O[C@@H]32)cc1. The quantitative estimate of drug-likeness (QED) is 0.729. The van der Waals surface area contributed by atoms with E-state index in [0.717, 1.165) is 5.56 Å². The molecule has 4 rings (SSSR count). The van der Waals surface area contributed by atoms with Crippen LogP contribution in [0, 0.1) is 6.92 Å². The maximum Gasteiger partial charge on any atom is 0.252 e. The number of hydrogen-bond acceptors (Lipinski definition) is 7. The fraction of sp³-hybridized carbons (Fsp3) is 0.636. The average Bonchev–Trinajstić information content (AvgIpc) is 3.16. The first-order valence-corrected chi connectivity index (χ1v) is 10.5. The standard InChI is InChI=1S/C22H30N2O7/c1-12-6-8-13(9-7-12)24-14(25)10-11-23-19(26)17-15-16(29-21(2,3)28-15)18-20(27-17)31-22(4,5)30-18/h6-9,15-18,20H,10-11H2,1-5H3,(H,23,26)(H,24,25)/t15-,16-,17-,18+,20-/m0/s1. The zero-order valence-corrected chi connectivity index (χ0v) is 18.5. The van der Waals surface area contributed by atoms with E-state index in [9.17, 15) is 9.59 Å². The first kappa shape index (κ1) is 22.2. The number of benzene rings is 1. The third-order valence-electron chi connectivity index (χ3n) is 5.40. The minimum absolute atomic E-state index is 0.127. The highest BCUT2D eigenvalue weighted by Gasteiger charge is 2.62. The lowest BCUT2D eigenvalue weighted by atomic mass is 9.98. The van der Waals surface area contributed by atoms with E-state index >= 15 is 0 Å². The summed E-state index contributed by atoms with van der Waals surface area (Å²) in [6, 6.07) is 7.51. The zero-order chi connectivity index (χ0) is 22.4. The molecule has 9 heteroatoms. The molecule has 5 atom stereocenters. The molecule has 0 aromatic heterocycles. The van der Waals surface area contributed by atoms with Crippen LogP contribution in [0.15, 0.2) is 24.3 Å².